The molecule has 1 N–H and O–H groups in total. The molecule has 2 heterocycles. The van der Waals surface area contributed by atoms with E-state index in [0.29, 0.717) is 23.9 Å². The molecule has 0 aliphatic carbocycles. The highest BCUT2D eigenvalue weighted by Gasteiger charge is 2.25. The van der Waals surface area contributed by atoms with Crippen LogP contribution in [0, 0.1) is 11.8 Å². The van der Waals surface area contributed by atoms with Crippen LogP contribution >= 0.6 is 11.8 Å². The fraction of sp³-hybridized carbons (Fsp3) is 0.923. The van der Waals surface area contributed by atoms with Crippen molar-refractivity contribution >= 4 is 16.9 Å². The lowest BCUT2D eigenvalue weighted by Gasteiger charge is -2.27. The molecule has 0 aromatic carbocycles. The van der Waals surface area contributed by atoms with Gasteiger partial charge in [-0.1, -0.05) is 25.6 Å². The molecule has 0 aromatic heterocycles. The fourth-order valence-electron chi connectivity index (χ4n) is 2.35. The van der Waals surface area contributed by atoms with E-state index in [1.54, 1.807) is 0 Å². The normalized spacial score (nSPS) is 31.4. The smallest absolute Gasteiger partial charge is 0.157 e. The van der Waals surface area contributed by atoms with Gasteiger partial charge in [0.05, 0.1) is 12.6 Å². The zero-order valence-electron chi connectivity index (χ0n) is 11.1. The van der Waals surface area contributed by atoms with E-state index in [9.17, 15) is 0 Å². The van der Waals surface area contributed by atoms with Crippen molar-refractivity contribution in [3.05, 3.63) is 0 Å². The minimum atomic E-state index is 0.481. The molecule has 3 nitrogen and oxygen atoms in total. The number of aliphatic imine (C=N–C) groups is 1. The van der Waals surface area contributed by atoms with Crippen LogP contribution in [0.15, 0.2) is 4.99 Å². The lowest BCUT2D eigenvalue weighted by atomic mass is 10.0. The van der Waals surface area contributed by atoms with Gasteiger partial charge in [0.1, 0.15) is 0 Å². The average molecular weight is 256 g/mol. The van der Waals surface area contributed by atoms with Crippen LogP contribution in [0.2, 0.25) is 0 Å². The van der Waals surface area contributed by atoms with E-state index in [1.807, 2.05) is 11.8 Å². The van der Waals surface area contributed by atoms with Gasteiger partial charge >= 0.3 is 0 Å². The minimum Gasteiger partial charge on any atom is -0.381 e. The topological polar surface area (TPSA) is 33.6 Å². The van der Waals surface area contributed by atoms with Gasteiger partial charge < -0.3 is 10.1 Å². The van der Waals surface area contributed by atoms with Gasteiger partial charge in [-0.3, -0.25) is 4.99 Å². The van der Waals surface area contributed by atoms with Gasteiger partial charge in [-0.25, -0.2) is 0 Å². The first-order valence-electron chi connectivity index (χ1n) is 6.71. The Morgan fingerprint density at radius 1 is 1.35 bits per heavy atom. The summed E-state index contributed by atoms with van der Waals surface area (Å²) in [6, 6.07) is 0.987. The van der Waals surface area contributed by atoms with Crippen LogP contribution in [0.1, 0.15) is 33.6 Å². The van der Waals surface area contributed by atoms with Crippen LogP contribution < -0.4 is 5.32 Å². The standard InChI is InChI=1S/C13H24N2OS/c1-9(2)12-5-7-17-13(15-12)14-10(3)11-4-6-16-8-11/h9-12H,4-8H2,1-3H3,(H,14,15). The Balaban J connectivity index is 1.88. The molecule has 1 fully saturated rings. The van der Waals surface area contributed by atoms with E-state index in [1.165, 1.54) is 18.6 Å². The number of rotatable bonds is 3. The third-order valence-corrected chi connectivity index (χ3v) is 4.66. The second kappa shape index (κ2) is 6.10. The van der Waals surface area contributed by atoms with Crippen molar-refractivity contribution in [2.45, 2.75) is 45.7 Å². The molecule has 2 aliphatic heterocycles. The summed E-state index contributed by atoms with van der Waals surface area (Å²) in [5.41, 5.74) is 0. The van der Waals surface area contributed by atoms with Gasteiger partial charge in [-0.05, 0) is 25.7 Å². The number of amidine groups is 1. The van der Waals surface area contributed by atoms with E-state index in [2.05, 4.69) is 26.1 Å². The van der Waals surface area contributed by atoms with E-state index >= 15 is 0 Å². The van der Waals surface area contributed by atoms with Gasteiger partial charge in [0, 0.05) is 24.3 Å². The number of nitrogens with zero attached hydrogens (tertiary/aromatic N) is 1. The Labute approximate surface area is 109 Å². The summed E-state index contributed by atoms with van der Waals surface area (Å²) >= 11 is 1.87. The summed E-state index contributed by atoms with van der Waals surface area (Å²) < 4.78 is 5.44. The van der Waals surface area contributed by atoms with Crippen molar-refractivity contribution < 1.29 is 4.74 Å². The number of hydrogen-bond acceptors (Lipinski definition) is 4. The predicted molar refractivity (Wildman–Crippen MR) is 74.7 cm³/mol. The highest BCUT2D eigenvalue weighted by atomic mass is 32.2. The van der Waals surface area contributed by atoms with Crippen molar-refractivity contribution in [2.24, 2.45) is 16.8 Å². The molecule has 0 saturated carbocycles. The fourth-order valence-corrected chi connectivity index (χ4v) is 3.38. The summed E-state index contributed by atoms with van der Waals surface area (Å²) in [7, 11) is 0. The van der Waals surface area contributed by atoms with Crippen LogP contribution in [0.25, 0.3) is 0 Å². The minimum absolute atomic E-state index is 0.481. The van der Waals surface area contributed by atoms with Crippen LogP contribution in [0.3, 0.4) is 0 Å². The zero-order valence-corrected chi connectivity index (χ0v) is 11.9. The van der Waals surface area contributed by atoms with Gasteiger partial charge in [0.25, 0.3) is 0 Å². The Morgan fingerprint density at radius 2 is 2.18 bits per heavy atom. The lowest BCUT2D eigenvalue weighted by molar-refractivity contribution is 0.180. The Kier molecular flexibility index (Phi) is 4.74. The van der Waals surface area contributed by atoms with Crippen LogP contribution in [-0.2, 0) is 4.74 Å². The van der Waals surface area contributed by atoms with Crippen molar-refractivity contribution in [3.63, 3.8) is 0 Å². The van der Waals surface area contributed by atoms with Crippen molar-refractivity contribution in [1.82, 2.24) is 5.32 Å². The monoisotopic (exact) mass is 256 g/mol. The molecule has 0 aromatic rings. The maximum atomic E-state index is 5.44. The lowest BCUT2D eigenvalue weighted by Crippen LogP contribution is -2.39. The SMILES string of the molecule is CC(C)C1CCSC(NC(C)C2CCOC2)=N1. The third kappa shape index (κ3) is 3.62. The molecule has 3 unspecified atom stereocenters. The van der Waals surface area contributed by atoms with Crippen molar-refractivity contribution in [1.29, 1.82) is 0 Å². The number of hydrogen-bond donors (Lipinski definition) is 1. The zero-order chi connectivity index (χ0) is 12.3. The molecule has 2 rings (SSSR count). The molecule has 2 aliphatic rings. The highest BCUT2D eigenvalue weighted by molar-refractivity contribution is 8.13. The van der Waals surface area contributed by atoms with E-state index in [-0.39, 0.29) is 0 Å². The first kappa shape index (κ1) is 13.2. The summed E-state index contributed by atoms with van der Waals surface area (Å²) in [6.07, 6.45) is 2.40. The molecule has 3 atom stereocenters. The van der Waals surface area contributed by atoms with E-state index in [4.69, 9.17) is 9.73 Å². The largest absolute Gasteiger partial charge is 0.381 e. The molecule has 0 bridgehead atoms. The number of ether oxygens (including phenoxy) is 1. The van der Waals surface area contributed by atoms with Crippen LogP contribution in [-0.4, -0.2) is 36.2 Å². The highest BCUT2D eigenvalue weighted by Crippen LogP contribution is 2.23. The Hall–Kier alpha value is -0.220. The molecule has 1 saturated heterocycles. The average Bonchev–Trinajstić information content (AvgIpc) is 2.82. The van der Waals surface area contributed by atoms with E-state index < -0.39 is 0 Å². The van der Waals surface area contributed by atoms with Gasteiger partial charge in [0.15, 0.2) is 5.17 Å². The second-order valence-corrected chi connectivity index (χ2v) is 6.52. The van der Waals surface area contributed by atoms with Gasteiger partial charge in [-0.2, -0.15) is 0 Å². The molecule has 0 amide bonds. The summed E-state index contributed by atoms with van der Waals surface area (Å²) in [6.45, 7) is 8.60. The first-order chi connectivity index (χ1) is 8.16. The first-order valence-corrected chi connectivity index (χ1v) is 7.70. The summed E-state index contributed by atoms with van der Waals surface area (Å²) in [5.74, 6) is 2.50. The maximum absolute atomic E-state index is 5.44. The summed E-state index contributed by atoms with van der Waals surface area (Å²) in [5, 5.41) is 4.73. The van der Waals surface area contributed by atoms with Crippen molar-refractivity contribution in [3.8, 4) is 0 Å². The summed E-state index contributed by atoms with van der Waals surface area (Å²) in [4.78, 5) is 4.82. The van der Waals surface area contributed by atoms with Gasteiger partial charge in [-0.15, -0.1) is 0 Å². The third-order valence-electron chi connectivity index (χ3n) is 3.73. The molecule has 98 valence electrons. The van der Waals surface area contributed by atoms with Crippen molar-refractivity contribution in [2.75, 3.05) is 19.0 Å². The van der Waals surface area contributed by atoms with Crippen LogP contribution in [0.5, 0.6) is 0 Å². The molecular formula is C13H24N2OS. The molecular weight excluding hydrogens is 232 g/mol. The quantitative estimate of drug-likeness (QED) is 0.842. The van der Waals surface area contributed by atoms with Crippen LogP contribution in [0.4, 0.5) is 0 Å². The number of nitrogens with one attached hydrogen (secondary N) is 1. The molecule has 0 spiro atoms. The van der Waals surface area contributed by atoms with Gasteiger partial charge in [0.2, 0.25) is 0 Å². The molecule has 4 heteroatoms. The Morgan fingerprint density at radius 3 is 2.82 bits per heavy atom. The Bertz CT molecular complexity index is 275. The number of thioether (sulfide) groups is 1. The maximum Gasteiger partial charge on any atom is 0.157 e. The second-order valence-electron chi connectivity index (χ2n) is 5.44. The molecule has 17 heavy (non-hydrogen) atoms. The predicted octanol–water partition coefficient (Wildman–Crippen LogP) is 2.52. The van der Waals surface area contributed by atoms with E-state index in [0.717, 1.165) is 18.4 Å². The molecule has 0 radical (unpaired) electrons.